The number of anilines is 3. The Morgan fingerprint density at radius 1 is 1.10 bits per heavy atom. The van der Waals surface area contributed by atoms with Crippen LogP contribution in [-0.4, -0.2) is 72.3 Å². The third-order valence-corrected chi connectivity index (χ3v) is 6.44. The molecule has 0 unspecified atom stereocenters. The molecule has 1 aliphatic rings. The predicted molar refractivity (Wildman–Crippen MR) is 161 cm³/mol. The molecule has 2 aromatic carbocycles. The van der Waals surface area contributed by atoms with Gasteiger partial charge in [0.25, 0.3) is 5.91 Å². The summed E-state index contributed by atoms with van der Waals surface area (Å²) >= 11 is 0. The number of nitrogens with zero attached hydrogens (tertiary/aromatic N) is 5. The second-order valence-corrected chi connectivity index (χ2v) is 10.9. The van der Waals surface area contributed by atoms with Gasteiger partial charge in [-0.25, -0.2) is 9.78 Å². The minimum absolute atomic E-state index is 0.154. The van der Waals surface area contributed by atoms with Crippen molar-refractivity contribution in [2.75, 3.05) is 55.0 Å². The van der Waals surface area contributed by atoms with E-state index in [0.29, 0.717) is 68.8 Å². The zero-order valence-electron chi connectivity index (χ0n) is 24.6. The summed E-state index contributed by atoms with van der Waals surface area (Å²) in [5.74, 6) is 1.61. The lowest BCUT2D eigenvalue weighted by Crippen LogP contribution is -2.37. The fraction of sp³-hybridized carbons (Fsp3) is 0.419. The van der Waals surface area contributed by atoms with Crippen LogP contribution in [0.5, 0.6) is 5.75 Å². The number of hydrogen-bond donors (Lipinski definition) is 1. The number of benzene rings is 2. The van der Waals surface area contributed by atoms with Gasteiger partial charge in [0.1, 0.15) is 22.7 Å². The Hall–Kier alpha value is -4.34. The summed E-state index contributed by atoms with van der Waals surface area (Å²) in [6, 6.07) is 17.4. The van der Waals surface area contributed by atoms with Gasteiger partial charge in [0.15, 0.2) is 0 Å². The molecule has 0 bridgehead atoms. The highest BCUT2D eigenvalue weighted by atomic mass is 16.6. The van der Waals surface area contributed by atoms with Crippen LogP contribution < -0.4 is 19.9 Å². The van der Waals surface area contributed by atoms with E-state index in [1.807, 2.05) is 94.2 Å². The molecular formula is C31H40N6O4. The molecule has 0 fully saturated rings. The van der Waals surface area contributed by atoms with E-state index in [1.54, 1.807) is 16.0 Å². The average Bonchev–Trinajstić information content (AvgIpc) is 3.06. The largest absolute Gasteiger partial charge is 0.493 e. The first-order chi connectivity index (χ1) is 19.6. The molecule has 0 radical (unpaired) electrons. The second-order valence-electron chi connectivity index (χ2n) is 10.9. The van der Waals surface area contributed by atoms with Crippen molar-refractivity contribution in [2.24, 2.45) is 0 Å². The molecule has 2 heterocycles. The van der Waals surface area contributed by atoms with Crippen molar-refractivity contribution in [3.05, 3.63) is 71.9 Å². The molecule has 0 atom stereocenters. The minimum atomic E-state index is -0.580. The smallest absolute Gasteiger partial charge is 0.410 e. The first-order valence-electron chi connectivity index (χ1n) is 14.0. The minimum Gasteiger partial charge on any atom is -0.493 e. The first kappa shape index (κ1) is 29.6. The standard InChI is InChI=1S/C31H40N6O4/c1-6-32-29-33-21-26-27(34-29)35(5)17-18-37(28(26)38)24-14-10-15-25(20-24)40-19-11-16-36(30(39)41-31(2,3)4)22-23-12-8-7-9-13-23/h7-10,12-15,20-21H,6,11,16-19,22H2,1-5H3,(H,32,33,34). The quantitative estimate of drug-likeness (QED) is 0.337. The van der Waals surface area contributed by atoms with Crippen molar-refractivity contribution < 1.29 is 19.1 Å². The maximum Gasteiger partial charge on any atom is 0.410 e. The third kappa shape index (κ3) is 8.09. The van der Waals surface area contributed by atoms with Crippen LogP contribution in [-0.2, 0) is 11.3 Å². The van der Waals surface area contributed by atoms with E-state index >= 15 is 0 Å². The van der Waals surface area contributed by atoms with Crippen molar-refractivity contribution in [3.63, 3.8) is 0 Å². The lowest BCUT2D eigenvalue weighted by Gasteiger charge is -2.27. The van der Waals surface area contributed by atoms with Gasteiger partial charge in [-0.2, -0.15) is 4.98 Å². The average molecular weight is 561 g/mol. The molecule has 41 heavy (non-hydrogen) atoms. The number of likely N-dealkylation sites (N-methyl/N-ethyl adjacent to an activating group) is 1. The summed E-state index contributed by atoms with van der Waals surface area (Å²) in [7, 11) is 1.93. The molecule has 10 nitrogen and oxygen atoms in total. The van der Waals surface area contributed by atoms with E-state index < -0.39 is 5.60 Å². The number of ether oxygens (including phenoxy) is 2. The summed E-state index contributed by atoms with van der Waals surface area (Å²) < 4.78 is 11.7. The highest BCUT2D eigenvalue weighted by Crippen LogP contribution is 2.28. The summed E-state index contributed by atoms with van der Waals surface area (Å²) in [5.41, 5.74) is 1.65. The van der Waals surface area contributed by atoms with Crippen molar-refractivity contribution >= 4 is 29.5 Å². The molecule has 2 amide bonds. The maximum absolute atomic E-state index is 13.5. The molecule has 0 saturated heterocycles. The Bertz CT molecular complexity index is 1330. The van der Waals surface area contributed by atoms with Crippen molar-refractivity contribution in [1.29, 1.82) is 0 Å². The van der Waals surface area contributed by atoms with Crippen molar-refractivity contribution in [3.8, 4) is 5.75 Å². The summed E-state index contributed by atoms with van der Waals surface area (Å²) in [6.45, 7) is 10.7. The number of amides is 2. The van der Waals surface area contributed by atoms with Crippen LogP contribution in [0, 0.1) is 0 Å². The number of carbonyl (C=O) groups is 2. The van der Waals surface area contributed by atoms with E-state index in [2.05, 4.69) is 15.3 Å². The summed E-state index contributed by atoms with van der Waals surface area (Å²) in [4.78, 5) is 40.7. The monoisotopic (exact) mass is 560 g/mol. The zero-order chi connectivity index (χ0) is 29.4. The van der Waals surface area contributed by atoms with Gasteiger partial charge in [0.05, 0.1) is 6.61 Å². The normalized spacial score (nSPS) is 13.3. The predicted octanol–water partition coefficient (Wildman–Crippen LogP) is 5.21. The zero-order valence-corrected chi connectivity index (χ0v) is 24.6. The van der Waals surface area contributed by atoms with Gasteiger partial charge < -0.3 is 29.5 Å². The Balaban J connectivity index is 1.40. The number of nitrogens with one attached hydrogen (secondary N) is 1. The Labute approximate surface area is 242 Å². The fourth-order valence-corrected chi connectivity index (χ4v) is 4.46. The Morgan fingerprint density at radius 3 is 2.61 bits per heavy atom. The van der Waals surface area contributed by atoms with Crippen LogP contribution in [0.4, 0.5) is 22.2 Å². The maximum atomic E-state index is 13.5. The van der Waals surface area contributed by atoms with Crippen LogP contribution in [0.15, 0.2) is 60.8 Å². The number of hydrogen-bond acceptors (Lipinski definition) is 8. The van der Waals surface area contributed by atoms with Gasteiger partial charge in [-0.3, -0.25) is 4.79 Å². The molecular weight excluding hydrogens is 520 g/mol. The molecule has 218 valence electrons. The molecule has 1 aromatic heterocycles. The third-order valence-electron chi connectivity index (χ3n) is 6.44. The van der Waals surface area contributed by atoms with Crippen LogP contribution in [0.25, 0.3) is 0 Å². The van der Waals surface area contributed by atoms with Gasteiger partial charge in [-0.15, -0.1) is 0 Å². The second kappa shape index (κ2) is 13.3. The van der Waals surface area contributed by atoms with Crippen LogP contribution in [0.3, 0.4) is 0 Å². The molecule has 0 saturated carbocycles. The van der Waals surface area contributed by atoms with E-state index in [-0.39, 0.29) is 12.0 Å². The Kier molecular flexibility index (Phi) is 9.65. The van der Waals surface area contributed by atoms with Crippen molar-refractivity contribution in [1.82, 2.24) is 14.9 Å². The van der Waals surface area contributed by atoms with Gasteiger partial charge >= 0.3 is 6.09 Å². The van der Waals surface area contributed by atoms with E-state index in [1.165, 1.54) is 0 Å². The number of carbonyl (C=O) groups excluding carboxylic acids is 2. The van der Waals surface area contributed by atoms with E-state index in [4.69, 9.17) is 9.47 Å². The van der Waals surface area contributed by atoms with Gasteiger partial charge in [-0.05, 0) is 51.8 Å². The molecule has 0 aliphatic carbocycles. The molecule has 4 rings (SSSR count). The molecule has 10 heteroatoms. The van der Waals surface area contributed by atoms with Crippen LogP contribution >= 0.6 is 0 Å². The molecule has 1 aliphatic heterocycles. The van der Waals surface area contributed by atoms with Gasteiger partial charge in [0, 0.05) is 57.7 Å². The summed E-state index contributed by atoms with van der Waals surface area (Å²) in [5, 5.41) is 3.10. The first-order valence-corrected chi connectivity index (χ1v) is 14.0. The molecule has 3 aromatic rings. The fourth-order valence-electron chi connectivity index (χ4n) is 4.46. The van der Waals surface area contributed by atoms with E-state index in [9.17, 15) is 9.59 Å². The lowest BCUT2D eigenvalue weighted by atomic mass is 10.2. The van der Waals surface area contributed by atoms with Crippen molar-refractivity contribution in [2.45, 2.75) is 46.3 Å². The highest BCUT2D eigenvalue weighted by molar-refractivity contribution is 6.09. The topological polar surface area (TPSA) is 100 Å². The SMILES string of the molecule is CCNc1ncc2c(n1)N(C)CCN(c1cccc(OCCCN(Cc3ccccc3)C(=O)OC(C)(C)C)c1)C2=O. The van der Waals surface area contributed by atoms with Crippen LogP contribution in [0.1, 0.15) is 50.0 Å². The number of aromatic nitrogens is 2. The number of fused-ring (bicyclic) bond motifs is 1. The molecule has 0 spiro atoms. The summed E-state index contributed by atoms with van der Waals surface area (Å²) in [6.07, 6.45) is 1.85. The number of rotatable bonds is 10. The highest BCUT2D eigenvalue weighted by Gasteiger charge is 2.28. The van der Waals surface area contributed by atoms with E-state index in [0.717, 1.165) is 11.3 Å². The van der Waals surface area contributed by atoms with Gasteiger partial charge in [-0.1, -0.05) is 36.4 Å². The Morgan fingerprint density at radius 2 is 1.88 bits per heavy atom. The van der Waals surface area contributed by atoms with Gasteiger partial charge in [0.2, 0.25) is 5.95 Å². The van der Waals surface area contributed by atoms with Crippen LogP contribution in [0.2, 0.25) is 0 Å². The lowest BCUT2D eigenvalue weighted by molar-refractivity contribution is 0.0225. The molecule has 1 N–H and O–H groups in total.